The van der Waals surface area contributed by atoms with Crippen molar-refractivity contribution in [3.63, 3.8) is 0 Å². The maximum absolute atomic E-state index is 6.08. The van der Waals surface area contributed by atoms with Crippen LogP contribution in [0, 0.1) is 11.8 Å². The minimum absolute atomic E-state index is 0.593. The van der Waals surface area contributed by atoms with Gasteiger partial charge >= 0.3 is 0 Å². The van der Waals surface area contributed by atoms with E-state index < -0.39 is 0 Å². The molecule has 0 fully saturated rings. The molecule has 90 valence electrons. The molecule has 1 aromatic carbocycles. The monoisotopic (exact) mass is 302 g/mol. The van der Waals surface area contributed by atoms with Crippen molar-refractivity contribution in [2.75, 3.05) is 5.88 Å². The standard InChI is InChI=1S/C14H20BrCl/c1-3-5-11(2)13(10-16)8-12-6-4-7-14(15)9-12/h4,6-7,9,11,13H,3,5,8,10H2,1-2H3. The molecule has 0 bridgehead atoms. The van der Waals surface area contributed by atoms with E-state index in [1.165, 1.54) is 18.4 Å². The fourth-order valence-corrected chi connectivity index (χ4v) is 2.93. The predicted molar refractivity (Wildman–Crippen MR) is 76.1 cm³/mol. The van der Waals surface area contributed by atoms with E-state index in [0.29, 0.717) is 11.8 Å². The SMILES string of the molecule is CCCC(C)C(CCl)Cc1cccc(Br)c1. The van der Waals surface area contributed by atoms with Crippen molar-refractivity contribution in [2.24, 2.45) is 11.8 Å². The molecule has 0 aliphatic heterocycles. The maximum atomic E-state index is 6.08. The van der Waals surface area contributed by atoms with Crippen LogP contribution in [0.25, 0.3) is 0 Å². The zero-order chi connectivity index (χ0) is 12.0. The smallest absolute Gasteiger partial charge is 0.0257 e. The molecule has 0 saturated heterocycles. The molecule has 1 aromatic rings. The van der Waals surface area contributed by atoms with E-state index in [9.17, 15) is 0 Å². The van der Waals surface area contributed by atoms with Crippen molar-refractivity contribution >= 4 is 27.5 Å². The van der Waals surface area contributed by atoms with E-state index in [1.807, 2.05) is 0 Å². The lowest BCUT2D eigenvalue weighted by Gasteiger charge is -2.21. The summed E-state index contributed by atoms with van der Waals surface area (Å²) in [6.07, 6.45) is 3.60. The van der Waals surface area contributed by atoms with Crippen molar-refractivity contribution in [3.05, 3.63) is 34.3 Å². The maximum Gasteiger partial charge on any atom is 0.0257 e. The topological polar surface area (TPSA) is 0 Å². The third-order valence-electron chi connectivity index (χ3n) is 3.13. The minimum Gasteiger partial charge on any atom is -0.126 e. The molecular weight excluding hydrogens is 284 g/mol. The molecule has 0 N–H and O–H groups in total. The molecule has 0 radical (unpaired) electrons. The van der Waals surface area contributed by atoms with Gasteiger partial charge in [-0.05, 0) is 36.0 Å². The highest BCUT2D eigenvalue weighted by molar-refractivity contribution is 9.10. The summed E-state index contributed by atoms with van der Waals surface area (Å²) in [6, 6.07) is 8.53. The number of benzene rings is 1. The van der Waals surface area contributed by atoms with Gasteiger partial charge in [0.2, 0.25) is 0 Å². The summed E-state index contributed by atoms with van der Waals surface area (Å²) < 4.78 is 1.15. The molecule has 0 aromatic heterocycles. The molecule has 0 saturated carbocycles. The Balaban J connectivity index is 2.62. The Morgan fingerprint density at radius 1 is 1.38 bits per heavy atom. The first-order valence-corrected chi connectivity index (χ1v) is 7.30. The van der Waals surface area contributed by atoms with Crippen LogP contribution in [0.5, 0.6) is 0 Å². The molecule has 0 nitrogen and oxygen atoms in total. The number of alkyl halides is 1. The van der Waals surface area contributed by atoms with Crippen LogP contribution >= 0.6 is 27.5 Å². The summed E-state index contributed by atoms with van der Waals surface area (Å²) in [5, 5.41) is 0. The lowest BCUT2D eigenvalue weighted by molar-refractivity contribution is 0.363. The average molecular weight is 304 g/mol. The second-order valence-electron chi connectivity index (χ2n) is 4.51. The summed E-state index contributed by atoms with van der Waals surface area (Å²) in [7, 11) is 0. The highest BCUT2D eigenvalue weighted by atomic mass is 79.9. The van der Waals surface area contributed by atoms with Gasteiger partial charge in [-0.15, -0.1) is 11.6 Å². The number of hydrogen-bond acceptors (Lipinski definition) is 0. The molecule has 0 heterocycles. The van der Waals surface area contributed by atoms with Crippen LogP contribution in [0.1, 0.15) is 32.3 Å². The molecule has 0 spiro atoms. The summed E-state index contributed by atoms with van der Waals surface area (Å²) in [5.74, 6) is 2.06. The van der Waals surface area contributed by atoms with Crippen LogP contribution in [0.4, 0.5) is 0 Å². The van der Waals surface area contributed by atoms with Crippen LogP contribution < -0.4 is 0 Å². The van der Waals surface area contributed by atoms with Gasteiger partial charge in [0.05, 0.1) is 0 Å². The highest BCUT2D eigenvalue weighted by Crippen LogP contribution is 2.24. The van der Waals surface area contributed by atoms with Gasteiger partial charge in [0, 0.05) is 10.4 Å². The lowest BCUT2D eigenvalue weighted by atomic mass is 9.87. The summed E-state index contributed by atoms with van der Waals surface area (Å²) in [6.45, 7) is 4.55. The van der Waals surface area contributed by atoms with Gasteiger partial charge in [-0.3, -0.25) is 0 Å². The van der Waals surface area contributed by atoms with Crippen molar-refractivity contribution in [1.29, 1.82) is 0 Å². The van der Waals surface area contributed by atoms with Crippen molar-refractivity contribution < 1.29 is 0 Å². The van der Waals surface area contributed by atoms with E-state index >= 15 is 0 Å². The highest BCUT2D eigenvalue weighted by Gasteiger charge is 2.16. The Hall–Kier alpha value is -0.0100. The summed E-state index contributed by atoms with van der Waals surface area (Å²) >= 11 is 9.58. The Morgan fingerprint density at radius 2 is 2.12 bits per heavy atom. The number of hydrogen-bond donors (Lipinski definition) is 0. The lowest BCUT2D eigenvalue weighted by Crippen LogP contribution is -2.16. The van der Waals surface area contributed by atoms with Gasteiger partial charge in [-0.1, -0.05) is 54.8 Å². The van der Waals surface area contributed by atoms with Crippen LogP contribution in [0.3, 0.4) is 0 Å². The second kappa shape index (κ2) is 7.34. The molecule has 0 aliphatic carbocycles. The van der Waals surface area contributed by atoms with Gasteiger partial charge in [0.1, 0.15) is 0 Å². The first-order valence-electron chi connectivity index (χ1n) is 5.97. The van der Waals surface area contributed by atoms with E-state index in [4.69, 9.17) is 11.6 Å². The van der Waals surface area contributed by atoms with Crippen LogP contribution in [-0.2, 0) is 6.42 Å². The normalized spacial score (nSPS) is 14.8. The molecule has 1 rings (SSSR count). The van der Waals surface area contributed by atoms with E-state index in [-0.39, 0.29) is 0 Å². The molecule has 16 heavy (non-hydrogen) atoms. The van der Waals surface area contributed by atoms with Gasteiger partial charge in [-0.2, -0.15) is 0 Å². The van der Waals surface area contributed by atoms with Crippen LogP contribution in [-0.4, -0.2) is 5.88 Å². The van der Waals surface area contributed by atoms with E-state index in [2.05, 4.69) is 54.0 Å². The summed E-state index contributed by atoms with van der Waals surface area (Å²) in [5.41, 5.74) is 1.38. The zero-order valence-electron chi connectivity index (χ0n) is 10.0. The Labute approximate surface area is 113 Å². The van der Waals surface area contributed by atoms with Crippen molar-refractivity contribution in [3.8, 4) is 0 Å². The molecular formula is C14H20BrCl. The fraction of sp³-hybridized carbons (Fsp3) is 0.571. The Bertz CT molecular complexity index is 311. The van der Waals surface area contributed by atoms with Gasteiger partial charge in [0.25, 0.3) is 0 Å². The fourth-order valence-electron chi connectivity index (χ4n) is 2.07. The van der Waals surface area contributed by atoms with Gasteiger partial charge in [0.15, 0.2) is 0 Å². The first kappa shape index (κ1) is 14.1. The second-order valence-corrected chi connectivity index (χ2v) is 5.74. The molecule has 2 atom stereocenters. The number of rotatable bonds is 6. The molecule has 0 amide bonds. The van der Waals surface area contributed by atoms with Gasteiger partial charge in [-0.25, -0.2) is 0 Å². The third-order valence-corrected chi connectivity index (χ3v) is 4.02. The number of halogens is 2. The first-order chi connectivity index (χ1) is 7.67. The largest absolute Gasteiger partial charge is 0.126 e. The average Bonchev–Trinajstić information content (AvgIpc) is 2.26. The van der Waals surface area contributed by atoms with E-state index in [0.717, 1.165) is 16.8 Å². The molecule has 2 unspecified atom stereocenters. The van der Waals surface area contributed by atoms with Crippen LogP contribution in [0.2, 0.25) is 0 Å². The predicted octanol–water partition coefficient (Wildman–Crippen LogP) is 5.28. The Morgan fingerprint density at radius 3 is 2.69 bits per heavy atom. The molecule has 2 heteroatoms. The Kier molecular flexibility index (Phi) is 6.45. The van der Waals surface area contributed by atoms with Crippen molar-refractivity contribution in [2.45, 2.75) is 33.1 Å². The van der Waals surface area contributed by atoms with Crippen LogP contribution in [0.15, 0.2) is 28.7 Å². The van der Waals surface area contributed by atoms with Gasteiger partial charge < -0.3 is 0 Å². The molecule has 0 aliphatic rings. The van der Waals surface area contributed by atoms with E-state index in [1.54, 1.807) is 0 Å². The minimum atomic E-state index is 0.593. The zero-order valence-corrected chi connectivity index (χ0v) is 12.4. The van der Waals surface area contributed by atoms with Crippen molar-refractivity contribution in [1.82, 2.24) is 0 Å². The third kappa shape index (κ3) is 4.47. The summed E-state index contributed by atoms with van der Waals surface area (Å²) in [4.78, 5) is 0. The quantitative estimate of drug-likeness (QED) is 0.627.